The predicted molar refractivity (Wildman–Crippen MR) is 120 cm³/mol. The molecule has 1 aliphatic heterocycles. The molecule has 2 fully saturated rings. The smallest absolute Gasteiger partial charge is 0.191 e. The highest BCUT2D eigenvalue weighted by atomic mass is 127. The van der Waals surface area contributed by atoms with Crippen LogP contribution in [-0.4, -0.2) is 44.8 Å². The Balaban J connectivity index is 0.00000261. The zero-order chi connectivity index (χ0) is 18.2. The molecule has 3 rings (SSSR count). The number of aliphatic imine (C=N–C) groups is 1. The van der Waals surface area contributed by atoms with Crippen LogP contribution in [0, 0.1) is 5.82 Å². The van der Waals surface area contributed by atoms with Crippen LogP contribution in [0.4, 0.5) is 10.1 Å². The lowest BCUT2D eigenvalue weighted by molar-refractivity contribution is 0.122. The lowest BCUT2D eigenvalue weighted by Gasteiger charge is -2.29. The molecule has 2 N–H and O–H groups in total. The van der Waals surface area contributed by atoms with Gasteiger partial charge in [-0.3, -0.25) is 0 Å². The second-order valence-electron chi connectivity index (χ2n) is 7.06. The molecule has 2 aliphatic rings. The number of morpholine rings is 1. The summed E-state index contributed by atoms with van der Waals surface area (Å²) in [7, 11) is 0. The number of benzene rings is 1. The summed E-state index contributed by atoms with van der Waals surface area (Å²) in [5, 5.41) is 6.83. The average molecular weight is 490 g/mol. The zero-order valence-electron chi connectivity index (χ0n) is 16.2. The van der Waals surface area contributed by atoms with Gasteiger partial charge in [0.2, 0.25) is 0 Å². The molecule has 1 aromatic rings. The van der Waals surface area contributed by atoms with E-state index in [1.807, 2.05) is 17.0 Å². The van der Waals surface area contributed by atoms with E-state index in [9.17, 15) is 4.39 Å². The molecule has 0 amide bonds. The summed E-state index contributed by atoms with van der Waals surface area (Å²) in [5.41, 5.74) is 1.55. The van der Waals surface area contributed by atoms with Crippen LogP contribution in [0.5, 0.6) is 0 Å². The molecule has 7 heteroatoms. The molecule has 1 heterocycles. The number of halogens is 2. The minimum absolute atomic E-state index is 0. The molecule has 0 atom stereocenters. The standard InChI is InChI=1S/C20H31FN4O.HI/c1-2-22-20(24-17-6-4-3-5-7-17)23-15-16-8-9-19(18(21)14-16)25-10-12-26-13-11-25;/h8-9,14,17H,2-7,10-13,15H2,1H3,(H2,22,23,24);1H. The molecule has 0 unspecified atom stereocenters. The van der Waals surface area contributed by atoms with E-state index in [1.54, 1.807) is 6.07 Å². The van der Waals surface area contributed by atoms with Crippen LogP contribution in [0.2, 0.25) is 0 Å². The van der Waals surface area contributed by atoms with Crippen LogP contribution in [0.1, 0.15) is 44.6 Å². The van der Waals surface area contributed by atoms with Gasteiger partial charge in [-0.25, -0.2) is 9.38 Å². The first kappa shape index (κ1) is 22.2. The number of nitrogens with one attached hydrogen (secondary N) is 2. The molecule has 1 saturated heterocycles. The van der Waals surface area contributed by atoms with Crippen LogP contribution in [0.3, 0.4) is 0 Å². The monoisotopic (exact) mass is 490 g/mol. The van der Waals surface area contributed by atoms with Crippen molar-refractivity contribution in [3.63, 3.8) is 0 Å². The molecule has 152 valence electrons. The van der Waals surface area contributed by atoms with Crippen LogP contribution in [0.15, 0.2) is 23.2 Å². The zero-order valence-corrected chi connectivity index (χ0v) is 18.5. The summed E-state index contributed by atoms with van der Waals surface area (Å²) >= 11 is 0. The van der Waals surface area contributed by atoms with E-state index in [-0.39, 0.29) is 29.8 Å². The van der Waals surface area contributed by atoms with E-state index in [1.165, 1.54) is 32.1 Å². The first-order valence-corrected chi connectivity index (χ1v) is 9.92. The van der Waals surface area contributed by atoms with Crippen molar-refractivity contribution in [3.8, 4) is 0 Å². The van der Waals surface area contributed by atoms with Gasteiger partial charge in [0, 0.05) is 25.7 Å². The fourth-order valence-corrected chi connectivity index (χ4v) is 3.64. The van der Waals surface area contributed by atoms with Gasteiger partial charge in [-0.1, -0.05) is 25.3 Å². The summed E-state index contributed by atoms with van der Waals surface area (Å²) in [6.07, 6.45) is 6.30. The van der Waals surface area contributed by atoms with Gasteiger partial charge < -0.3 is 20.3 Å². The summed E-state index contributed by atoms with van der Waals surface area (Å²) < 4.78 is 19.9. The Bertz CT molecular complexity index is 602. The highest BCUT2D eigenvalue weighted by Crippen LogP contribution is 2.22. The predicted octanol–water partition coefficient (Wildman–Crippen LogP) is 3.67. The fraction of sp³-hybridized carbons (Fsp3) is 0.650. The molecule has 27 heavy (non-hydrogen) atoms. The van der Waals surface area contributed by atoms with E-state index >= 15 is 0 Å². The fourth-order valence-electron chi connectivity index (χ4n) is 3.64. The number of hydrogen-bond donors (Lipinski definition) is 2. The van der Waals surface area contributed by atoms with Crippen molar-refractivity contribution < 1.29 is 9.13 Å². The highest BCUT2D eigenvalue weighted by molar-refractivity contribution is 14.0. The number of hydrogen-bond acceptors (Lipinski definition) is 3. The number of guanidine groups is 1. The Hall–Kier alpha value is -1.09. The molecule has 5 nitrogen and oxygen atoms in total. The quantitative estimate of drug-likeness (QED) is 0.376. The Labute approximate surface area is 179 Å². The molecule has 0 radical (unpaired) electrons. The van der Waals surface area contributed by atoms with Crippen molar-refractivity contribution in [2.45, 2.75) is 51.6 Å². The lowest BCUT2D eigenvalue weighted by Crippen LogP contribution is -2.44. The number of rotatable bonds is 5. The van der Waals surface area contributed by atoms with Gasteiger partial charge in [0.25, 0.3) is 0 Å². The molecule has 1 aromatic carbocycles. The topological polar surface area (TPSA) is 48.9 Å². The number of ether oxygens (including phenoxy) is 1. The van der Waals surface area contributed by atoms with E-state index in [2.05, 4.69) is 22.5 Å². The van der Waals surface area contributed by atoms with Crippen molar-refractivity contribution in [3.05, 3.63) is 29.6 Å². The highest BCUT2D eigenvalue weighted by Gasteiger charge is 2.16. The van der Waals surface area contributed by atoms with Gasteiger partial charge in [0.05, 0.1) is 25.4 Å². The van der Waals surface area contributed by atoms with E-state index < -0.39 is 0 Å². The number of anilines is 1. The van der Waals surface area contributed by atoms with E-state index in [0.717, 1.165) is 31.2 Å². The van der Waals surface area contributed by atoms with Gasteiger partial charge in [0.15, 0.2) is 5.96 Å². The maximum atomic E-state index is 14.5. The molecular weight excluding hydrogens is 458 g/mol. The van der Waals surface area contributed by atoms with E-state index in [4.69, 9.17) is 4.74 Å². The second kappa shape index (κ2) is 11.7. The van der Waals surface area contributed by atoms with Crippen molar-refractivity contribution in [2.75, 3.05) is 37.7 Å². The molecule has 0 spiro atoms. The minimum atomic E-state index is -0.176. The van der Waals surface area contributed by atoms with Crippen molar-refractivity contribution in [2.24, 2.45) is 4.99 Å². The molecule has 0 bridgehead atoms. The third-order valence-electron chi connectivity index (χ3n) is 5.07. The van der Waals surface area contributed by atoms with Crippen LogP contribution >= 0.6 is 24.0 Å². The molecular formula is C20H32FIN4O. The summed E-state index contributed by atoms with van der Waals surface area (Å²) in [5.74, 6) is 0.655. The largest absolute Gasteiger partial charge is 0.378 e. The third kappa shape index (κ3) is 6.78. The molecule has 1 saturated carbocycles. The second-order valence-corrected chi connectivity index (χ2v) is 7.06. The maximum absolute atomic E-state index is 14.5. The summed E-state index contributed by atoms with van der Waals surface area (Å²) in [6.45, 7) is 6.16. The summed E-state index contributed by atoms with van der Waals surface area (Å²) in [4.78, 5) is 6.70. The maximum Gasteiger partial charge on any atom is 0.191 e. The van der Waals surface area contributed by atoms with Crippen molar-refractivity contribution >= 4 is 35.6 Å². The van der Waals surface area contributed by atoms with Crippen molar-refractivity contribution in [1.82, 2.24) is 10.6 Å². The van der Waals surface area contributed by atoms with Gasteiger partial charge in [0.1, 0.15) is 5.82 Å². The Morgan fingerprint density at radius 2 is 1.96 bits per heavy atom. The van der Waals surface area contributed by atoms with E-state index in [0.29, 0.717) is 31.5 Å². The lowest BCUT2D eigenvalue weighted by atomic mass is 9.96. The van der Waals surface area contributed by atoms with Crippen LogP contribution < -0.4 is 15.5 Å². The van der Waals surface area contributed by atoms with Gasteiger partial charge in [-0.15, -0.1) is 24.0 Å². The first-order valence-electron chi connectivity index (χ1n) is 9.92. The molecule has 1 aliphatic carbocycles. The minimum Gasteiger partial charge on any atom is -0.378 e. The SMILES string of the molecule is CCNC(=NCc1ccc(N2CCOCC2)c(F)c1)NC1CCCCC1.I. The van der Waals surface area contributed by atoms with Crippen LogP contribution in [0.25, 0.3) is 0 Å². The average Bonchev–Trinajstić information content (AvgIpc) is 2.68. The van der Waals surface area contributed by atoms with Crippen molar-refractivity contribution in [1.29, 1.82) is 0 Å². The van der Waals surface area contributed by atoms with Gasteiger partial charge >= 0.3 is 0 Å². The summed E-state index contributed by atoms with van der Waals surface area (Å²) in [6, 6.07) is 5.95. The Morgan fingerprint density at radius 3 is 2.63 bits per heavy atom. The Kier molecular flexibility index (Phi) is 9.61. The normalized spacial score (nSPS) is 18.7. The third-order valence-corrected chi connectivity index (χ3v) is 5.07. The van der Waals surface area contributed by atoms with Gasteiger partial charge in [-0.2, -0.15) is 0 Å². The molecule has 0 aromatic heterocycles. The van der Waals surface area contributed by atoms with Gasteiger partial charge in [-0.05, 0) is 37.5 Å². The van der Waals surface area contributed by atoms with Crippen LogP contribution in [-0.2, 0) is 11.3 Å². The Morgan fingerprint density at radius 1 is 1.22 bits per heavy atom. The first-order chi connectivity index (χ1) is 12.8. The number of nitrogens with zero attached hydrogens (tertiary/aromatic N) is 2.